The van der Waals surface area contributed by atoms with E-state index in [1.165, 1.54) is 5.56 Å². The van der Waals surface area contributed by atoms with Gasteiger partial charge in [0.15, 0.2) is 0 Å². The first-order valence-corrected chi connectivity index (χ1v) is 5.93. The molecule has 2 aromatic rings. The van der Waals surface area contributed by atoms with Crippen LogP contribution in [0.5, 0.6) is 0 Å². The molecule has 0 radical (unpaired) electrons. The Balaban J connectivity index is 0.000000200. The van der Waals surface area contributed by atoms with Crippen LogP contribution in [0, 0.1) is 0 Å². The normalized spacial score (nSPS) is 8.95. The largest absolute Gasteiger partial charge is 0.488 e. The molecular weight excluding hydrogens is 235 g/mol. The highest BCUT2D eigenvalue weighted by Crippen LogP contribution is 1.98. The second kappa shape index (κ2) is 8.09. The maximum absolute atomic E-state index is 8.72. The summed E-state index contributed by atoms with van der Waals surface area (Å²) in [5, 5.41) is 17.4. The van der Waals surface area contributed by atoms with E-state index in [4.69, 9.17) is 10.0 Å². The molecule has 0 fully saturated rings. The highest BCUT2D eigenvalue weighted by atomic mass is 16.4. The van der Waals surface area contributed by atoms with Gasteiger partial charge in [-0.3, -0.25) is 0 Å². The van der Waals surface area contributed by atoms with E-state index in [0.29, 0.717) is 5.46 Å². The Kier molecular flexibility index (Phi) is 6.37. The third kappa shape index (κ3) is 5.38. The number of hydrogen-bond donors (Lipinski definition) is 2. The van der Waals surface area contributed by atoms with Gasteiger partial charge in [-0.25, -0.2) is 0 Å². The fourth-order valence-corrected chi connectivity index (χ4v) is 1.39. The summed E-state index contributed by atoms with van der Waals surface area (Å²) in [6.45, 7) is 7.21. The van der Waals surface area contributed by atoms with Crippen molar-refractivity contribution in [1.29, 1.82) is 0 Å². The lowest BCUT2D eigenvalue weighted by Crippen LogP contribution is -2.29. The minimum atomic E-state index is -1.38. The zero-order valence-corrected chi connectivity index (χ0v) is 10.7. The van der Waals surface area contributed by atoms with Gasteiger partial charge in [0, 0.05) is 0 Å². The molecule has 0 aliphatic heterocycles. The number of rotatable bonds is 3. The van der Waals surface area contributed by atoms with Crippen molar-refractivity contribution < 1.29 is 10.0 Å². The molecule has 19 heavy (non-hydrogen) atoms. The smallest absolute Gasteiger partial charge is 0.423 e. The second-order valence-electron chi connectivity index (χ2n) is 3.86. The molecule has 0 amide bonds. The lowest BCUT2D eigenvalue weighted by atomic mass is 9.80. The third-order valence-corrected chi connectivity index (χ3v) is 2.51. The average Bonchev–Trinajstić information content (AvgIpc) is 2.48. The number of benzene rings is 2. The monoisotopic (exact) mass is 252 g/mol. The van der Waals surface area contributed by atoms with Crippen molar-refractivity contribution in [3.63, 3.8) is 0 Å². The molecule has 0 saturated carbocycles. The van der Waals surface area contributed by atoms with Crippen LogP contribution in [-0.2, 0) is 0 Å². The summed E-state index contributed by atoms with van der Waals surface area (Å²) in [7, 11) is -1.38. The van der Waals surface area contributed by atoms with Gasteiger partial charge < -0.3 is 10.0 Å². The molecule has 0 bridgehead atoms. The molecule has 2 aromatic carbocycles. The Morgan fingerprint density at radius 1 is 0.737 bits per heavy atom. The molecule has 3 heteroatoms. The SMILES string of the molecule is C=Cc1ccc(B(O)O)cc1.C=Cc1ccccc1. The third-order valence-electron chi connectivity index (χ3n) is 2.51. The molecule has 0 spiro atoms. The van der Waals surface area contributed by atoms with Gasteiger partial charge in [-0.2, -0.15) is 0 Å². The minimum absolute atomic E-state index is 0.496. The molecule has 2 nitrogen and oxygen atoms in total. The Hall–Kier alpha value is -2.10. The van der Waals surface area contributed by atoms with Gasteiger partial charge in [0.1, 0.15) is 0 Å². The molecule has 0 saturated heterocycles. The van der Waals surface area contributed by atoms with Gasteiger partial charge in [0.25, 0.3) is 0 Å². The van der Waals surface area contributed by atoms with Crippen molar-refractivity contribution >= 4 is 24.7 Å². The molecule has 0 heterocycles. The topological polar surface area (TPSA) is 40.5 Å². The molecule has 2 rings (SSSR count). The van der Waals surface area contributed by atoms with Crippen LogP contribution in [0.1, 0.15) is 11.1 Å². The highest BCUT2D eigenvalue weighted by Gasteiger charge is 2.08. The lowest BCUT2D eigenvalue weighted by Gasteiger charge is -1.98. The Labute approximate surface area is 114 Å². The summed E-state index contributed by atoms with van der Waals surface area (Å²) in [6.07, 6.45) is 3.54. The van der Waals surface area contributed by atoms with Gasteiger partial charge >= 0.3 is 7.12 Å². The van der Waals surface area contributed by atoms with E-state index in [-0.39, 0.29) is 0 Å². The first kappa shape index (κ1) is 15.0. The van der Waals surface area contributed by atoms with Crippen molar-refractivity contribution in [2.24, 2.45) is 0 Å². The number of hydrogen-bond acceptors (Lipinski definition) is 2. The summed E-state index contributed by atoms with van der Waals surface area (Å²) >= 11 is 0. The van der Waals surface area contributed by atoms with Crippen LogP contribution in [-0.4, -0.2) is 17.2 Å². The van der Waals surface area contributed by atoms with Gasteiger partial charge in [-0.1, -0.05) is 79.9 Å². The van der Waals surface area contributed by atoms with Crippen molar-refractivity contribution in [3.8, 4) is 0 Å². The molecule has 0 aliphatic rings. The fraction of sp³-hybridized carbons (Fsp3) is 0. The Morgan fingerprint density at radius 3 is 1.58 bits per heavy atom. The zero-order chi connectivity index (χ0) is 14.1. The van der Waals surface area contributed by atoms with Crippen LogP contribution >= 0.6 is 0 Å². The highest BCUT2D eigenvalue weighted by molar-refractivity contribution is 6.58. The van der Waals surface area contributed by atoms with E-state index >= 15 is 0 Å². The van der Waals surface area contributed by atoms with Crippen molar-refractivity contribution in [2.45, 2.75) is 0 Å². The van der Waals surface area contributed by atoms with E-state index in [1.54, 1.807) is 30.3 Å². The molecule has 0 aliphatic carbocycles. The first-order chi connectivity index (χ1) is 9.17. The average molecular weight is 252 g/mol. The van der Waals surface area contributed by atoms with E-state index < -0.39 is 7.12 Å². The molecule has 2 N–H and O–H groups in total. The van der Waals surface area contributed by atoms with Crippen LogP contribution in [0.4, 0.5) is 0 Å². The van der Waals surface area contributed by atoms with E-state index in [2.05, 4.69) is 13.2 Å². The van der Waals surface area contributed by atoms with E-state index in [9.17, 15) is 0 Å². The minimum Gasteiger partial charge on any atom is -0.423 e. The van der Waals surface area contributed by atoms with Crippen LogP contribution < -0.4 is 5.46 Å². The molecule has 0 aromatic heterocycles. The maximum Gasteiger partial charge on any atom is 0.488 e. The van der Waals surface area contributed by atoms with Crippen LogP contribution in [0.2, 0.25) is 0 Å². The summed E-state index contributed by atoms with van der Waals surface area (Å²) in [6, 6.07) is 16.9. The van der Waals surface area contributed by atoms with Gasteiger partial charge in [0.2, 0.25) is 0 Å². The first-order valence-electron chi connectivity index (χ1n) is 5.93. The molecule has 0 atom stereocenters. The van der Waals surface area contributed by atoms with Crippen LogP contribution in [0.15, 0.2) is 67.8 Å². The predicted molar refractivity (Wildman–Crippen MR) is 82.9 cm³/mol. The quantitative estimate of drug-likeness (QED) is 0.823. The summed E-state index contributed by atoms with van der Waals surface area (Å²) in [5.41, 5.74) is 2.64. The predicted octanol–water partition coefficient (Wildman–Crippen LogP) is 2.34. The van der Waals surface area contributed by atoms with Crippen LogP contribution in [0.25, 0.3) is 12.2 Å². The van der Waals surface area contributed by atoms with Crippen molar-refractivity contribution in [2.75, 3.05) is 0 Å². The molecule has 96 valence electrons. The Morgan fingerprint density at radius 2 is 1.21 bits per heavy atom. The van der Waals surface area contributed by atoms with Crippen LogP contribution in [0.3, 0.4) is 0 Å². The van der Waals surface area contributed by atoms with Gasteiger partial charge in [0.05, 0.1) is 0 Å². The Bertz CT molecular complexity index is 504. The summed E-state index contributed by atoms with van der Waals surface area (Å²) in [4.78, 5) is 0. The zero-order valence-electron chi connectivity index (χ0n) is 10.7. The van der Waals surface area contributed by atoms with E-state index in [1.807, 2.05) is 36.4 Å². The van der Waals surface area contributed by atoms with Gasteiger partial charge in [-0.05, 0) is 16.6 Å². The summed E-state index contributed by atoms with van der Waals surface area (Å²) in [5.74, 6) is 0. The van der Waals surface area contributed by atoms with E-state index in [0.717, 1.165) is 5.56 Å². The van der Waals surface area contributed by atoms with Gasteiger partial charge in [-0.15, -0.1) is 0 Å². The van der Waals surface area contributed by atoms with Crippen molar-refractivity contribution in [3.05, 3.63) is 78.9 Å². The lowest BCUT2D eigenvalue weighted by molar-refractivity contribution is 0.426. The standard InChI is InChI=1S/C8H9BO2.C8H8/c1-2-7-3-5-8(6-4-7)9(10)11;1-2-8-6-4-3-5-7-8/h2-6,10-11H,1H2;2-7H,1H2. The molecule has 0 unspecified atom stereocenters. The molecular formula is C16H17BO2. The fourth-order valence-electron chi connectivity index (χ4n) is 1.39. The van der Waals surface area contributed by atoms with Crippen molar-refractivity contribution in [1.82, 2.24) is 0 Å². The second-order valence-corrected chi connectivity index (χ2v) is 3.86. The maximum atomic E-state index is 8.72. The summed E-state index contributed by atoms with van der Waals surface area (Å²) < 4.78 is 0.